The van der Waals surface area contributed by atoms with Crippen LogP contribution in [0.2, 0.25) is 0 Å². The molecule has 0 spiro atoms. The van der Waals surface area contributed by atoms with Crippen LogP contribution < -0.4 is 20.4 Å². The summed E-state index contributed by atoms with van der Waals surface area (Å²) in [4.78, 5) is 4.66. The summed E-state index contributed by atoms with van der Waals surface area (Å²) in [5.74, 6) is 0. The minimum atomic E-state index is -1.98. The average Bonchev–Trinajstić information content (AvgIpc) is 3.27. The number of hydrogen-bond acceptors (Lipinski definition) is 2. The van der Waals surface area contributed by atoms with Crippen molar-refractivity contribution in [3.63, 3.8) is 0 Å². The Labute approximate surface area is 213 Å². The van der Waals surface area contributed by atoms with E-state index in [1.807, 2.05) is 0 Å². The number of rotatable bonds is 5. The second kappa shape index (κ2) is 11.7. The maximum atomic E-state index is 2.33. The summed E-state index contributed by atoms with van der Waals surface area (Å²) in [5, 5.41) is 0. The standard InChI is InChI=1S/C12H18BN2.3C6H5.Sn/c1-9(2)14-11-7-5-6-8-12(11)15(13-14)10(3)4;3*1-2-4-6-5-3-1;/h5-10H,1-4H3;3*1-5H;. The quantitative estimate of drug-likeness (QED) is 0.327. The Morgan fingerprint density at radius 2 is 0.765 bits per heavy atom. The molecule has 0 aromatic heterocycles. The van der Waals surface area contributed by atoms with E-state index in [0.29, 0.717) is 12.1 Å². The molecule has 0 N–H and O–H groups in total. The third-order valence-corrected chi connectivity index (χ3v) is 13.8. The van der Waals surface area contributed by atoms with Crippen LogP contribution in [-0.2, 0) is 0 Å². The van der Waals surface area contributed by atoms with Gasteiger partial charge in [-0.25, -0.2) is 0 Å². The van der Waals surface area contributed by atoms with Gasteiger partial charge in [0.05, 0.1) is 0 Å². The molecule has 0 amide bonds. The van der Waals surface area contributed by atoms with E-state index in [1.54, 1.807) is 0 Å². The molecule has 0 bridgehead atoms. The molecule has 1 aliphatic heterocycles. The van der Waals surface area contributed by atoms with Gasteiger partial charge >= 0.3 is 129 Å². The Morgan fingerprint density at radius 3 is 1.06 bits per heavy atom. The summed E-state index contributed by atoms with van der Waals surface area (Å²) >= 11 is -1.98. The molecule has 1 aliphatic rings. The van der Waals surface area contributed by atoms with Crippen LogP contribution in [0.3, 0.4) is 0 Å². The van der Waals surface area contributed by atoms with Crippen molar-refractivity contribution < 1.29 is 0 Å². The first-order valence-electron chi connectivity index (χ1n) is 12.1. The second-order valence-corrected chi connectivity index (χ2v) is 16.2. The molecule has 0 unspecified atom stereocenters. The van der Waals surface area contributed by atoms with Crippen LogP contribution in [0.4, 0.5) is 11.4 Å². The fraction of sp³-hybridized carbons (Fsp3) is 0.200. The van der Waals surface area contributed by atoms with Crippen molar-refractivity contribution in [2.45, 2.75) is 39.8 Å². The van der Waals surface area contributed by atoms with Crippen LogP contribution in [0.25, 0.3) is 0 Å². The van der Waals surface area contributed by atoms with Gasteiger partial charge in [0, 0.05) is 23.5 Å². The minimum absolute atomic E-state index is 0.509. The molecule has 0 aliphatic carbocycles. The van der Waals surface area contributed by atoms with Gasteiger partial charge < -0.3 is 9.62 Å². The Morgan fingerprint density at radius 1 is 0.471 bits per heavy atom. The number of para-hydroxylation sites is 2. The molecule has 34 heavy (non-hydrogen) atoms. The van der Waals surface area contributed by atoms with E-state index in [0.717, 1.165) is 0 Å². The van der Waals surface area contributed by atoms with Gasteiger partial charge in [0.2, 0.25) is 0 Å². The van der Waals surface area contributed by atoms with E-state index >= 15 is 0 Å². The van der Waals surface area contributed by atoms with Crippen molar-refractivity contribution in [2.75, 3.05) is 9.62 Å². The van der Waals surface area contributed by atoms with Crippen molar-refractivity contribution in [1.82, 2.24) is 0 Å². The molecular formula is C30H33BN2Sn. The molecular weight excluding hydrogens is 518 g/mol. The Hall–Kier alpha value is -2.66. The number of nitrogens with zero attached hydrogens (tertiary/aromatic N) is 2. The summed E-state index contributed by atoms with van der Waals surface area (Å²) in [6.07, 6.45) is 0. The molecule has 0 saturated heterocycles. The van der Waals surface area contributed by atoms with Crippen LogP contribution >= 0.6 is 0 Å². The van der Waals surface area contributed by atoms with Crippen molar-refractivity contribution in [3.05, 3.63) is 115 Å². The summed E-state index contributed by atoms with van der Waals surface area (Å²) in [6, 6.07) is 42.5. The van der Waals surface area contributed by atoms with Crippen molar-refractivity contribution in [1.29, 1.82) is 0 Å². The SMILES string of the molecule is CC(C)N1[B]N(C(C)C)c2ccccc21.c1cc[c]([Sn]([c]2ccccc2)[c]2ccccc2)cc1. The first-order chi connectivity index (χ1) is 16.6. The van der Waals surface area contributed by atoms with Crippen LogP contribution in [0.15, 0.2) is 115 Å². The molecule has 5 rings (SSSR count). The van der Waals surface area contributed by atoms with Gasteiger partial charge in [-0.15, -0.1) is 0 Å². The van der Waals surface area contributed by atoms with Gasteiger partial charge in [-0.2, -0.15) is 0 Å². The molecule has 4 heteroatoms. The fourth-order valence-electron chi connectivity index (χ4n) is 4.30. The predicted molar refractivity (Wildman–Crippen MR) is 151 cm³/mol. The molecule has 4 aromatic carbocycles. The normalized spacial score (nSPS) is 12.4. The third kappa shape index (κ3) is 5.69. The molecule has 2 nitrogen and oxygen atoms in total. The summed E-state index contributed by atoms with van der Waals surface area (Å²) in [6.45, 7) is 8.88. The molecule has 1 heterocycles. The van der Waals surface area contributed by atoms with Gasteiger partial charge in [0.15, 0.2) is 0 Å². The Kier molecular flexibility index (Phi) is 8.39. The maximum absolute atomic E-state index is 2.33. The first kappa shape index (κ1) is 24.5. The molecule has 0 saturated carbocycles. The number of hydrogen-bond donors (Lipinski definition) is 0. The topological polar surface area (TPSA) is 6.48 Å². The van der Waals surface area contributed by atoms with Crippen LogP contribution in [-0.4, -0.2) is 39.4 Å². The molecule has 4 aromatic rings. The zero-order valence-corrected chi connectivity index (χ0v) is 23.5. The molecule has 0 fully saturated rings. The number of fused-ring (bicyclic) bond motifs is 1. The first-order valence-corrected chi connectivity index (χ1v) is 16.4. The Bertz CT molecular complexity index is 1020. The predicted octanol–water partition coefficient (Wildman–Crippen LogP) is 4.87. The van der Waals surface area contributed by atoms with E-state index in [1.165, 1.54) is 22.1 Å². The van der Waals surface area contributed by atoms with E-state index in [2.05, 4.69) is 160 Å². The molecule has 0 atom stereocenters. The number of anilines is 2. The third-order valence-electron chi connectivity index (χ3n) is 5.99. The van der Waals surface area contributed by atoms with Crippen LogP contribution in [0, 0.1) is 0 Å². The van der Waals surface area contributed by atoms with E-state index in [-0.39, 0.29) is 0 Å². The second-order valence-electron chi connectivity index (χ2n) is 9.08. The van der Waals surface area contributed by atoms with Crippen molar-refractivity contribution in [3.8, 4) is 0 Å². The number of benzene rings is 4. The summed E-state index contributed by atoms with van der Waals surface area (Å²) in [7, 11) is 2.22. The van der Waals surface area contributed by atoms with Crippen LogP contribution in [0.1, 0.15) is 27.7 Å². The van der Waals surface area contributed by atoms with Gasteiger partial charge in [0.25, 0.3) is 0 Å². The van der Waals surface area contributed by atoms with Gasteiger partial charge in [-0.05, 0) is 39.8 Å². The van der Waals surface area contributed by atoms with E-state index in [9.17, 15) is 0 Å². The van der Waals surface area contributed by atoms with E-state index in [4.69, 9.17) is 0 Å². The van der Waals surface area contributed by atoms with Crippen molar-refractivity contribution >= 4 is 49.4 Å². The summed E-state index contributed by atoms with van der Waals surface area (Å²) < 4.78 is 4.59. The van der Waals surface area contributed by atoms with E-state index < -0.39 is 19.8 Å². The zero-order chi connectivity index (χ0) is 23.9. The van der Waals surface area contributed by atoms with Gasteiger partial charge in [-0.1, -0.05) is 12.1 Å². The zero-order valence-electron chi connectivity index (χ0n) is 20.6. The summed E-state index contributed by atoms with van der Waals surface area (Å²) in [5.41, 5.74) is 2.64. The molecule has 170 valence electrons. The fourth-order valence-corrected chi connectivity index (χ4v) is 11.7. The average molecular weight is 551 g/mol. The van der Waals surface area contributed by atoms with Crippen LogP contribution in [0.5, 0.6) is 0 Å². The van der Waals surface area contributed by atoms with Gasteiger partial charge in [-0.3, -0.25) is 0 Å². The monoisotopic (exact) mass is 552 g/mol. The molecule has 2 radical (unpaired) electrons. The Balaban J connectivity index is 0.000000166. The van der Waals surface area contributed by atoms with Crippen molar-refractivity contribution in [2.24, 2.45) is 0 Å². The van der Waals surface area contributed by atoms with Gasteiger partial charge in [0.1, 0.15) is 0 Å².